The zero-order chi connectivity index (χ0) is 15.4. The Labute approximate surface area is 126 Å². The minimum Gasteiger partial charge on any atom is -0.480 e. The summed E-state index contributed by atoms with van der Waals surface area (Å²) in [7, 11) is 1.51. The average Bonchev–Trinajstić information content (AvgIpc) is 3.06. The lowest BCUT2D eigenvalue weighted by Crippen LogP contribution is -2.45. The van der Waals surface area contributed by atoms with Crippen LogP contribution < -0.4 is 0 Å². The maximum atomic E-state index is 12.6. The number of hydrogen-bond donors (Lipinski definition) is 1. The molecule has 0 radical (unpaired) electrons. The minimum atomic E-state index is -0.991. The molecule has 8 heteroatoms. The zero-order valence-corrected chi connectivity index (χ0v) is 12.8. The number of methoxy groups -OCH3 is 1. The van der Waals surface area contributed by atoms with Crippen molar-refractivity contribution in [2.45, 2.75) is 37.8 Å². The van der Waals surface area contributed by atoms with E-state index in [1.807, 2.05) is 6.92 Å². The van der Waals surface area contributed by atoms with Crippen LogP contribution in [0.4, 0.5) is 0 Å². The van der Waals surface area contributed by atoms with Gasteiger partial charge in [0.05, 0.1) is 5.37 Å². The Bertz CT molecular complexity index is 518. The monoisotopic (exact) mass is 314 g/mol. The van der Waals surface area contributed by atoms with E-state index >= 15 is 0 Å². The van der Waals surface area contributed by atoms with Gasteiger partial charge in [0.2, 0.25) is 0 Å². The second kappa shape index (κ2) is 6.95. The summed E-state index contributed by atoms with van der Waals surface area (Å²) in [5, 5.41) is 12.9. The highest BCUT2D eigenvalue weighted by atomic mass is 32.2. The number of thioether (sulfide) groups is 1. The first-order valence-corrected chi connectivity index (χ1v) is 7.75. The highest BCUT2D eigenvalue weighted by molar-refractivity contribution is 8.00. The third-order valence-electron chi connectivity index (χ3n) is 3.21. The van der Waals surface area contributed by atoms with Crippen molar-refractivity contribution in [1.29, 1.82) is 0 Å². The Morgan fingerprint density at radius 3 is 3.00 bits per heavy atom. The number of rotatable bonds is 6. The molecule has 1 amide bonds. The number of nitrogens with zero attached hydrogens (tertiary/aromatic N) is 2. The van der Waals surface area contributed by atoms with Crippen LogP contribution in [0.3, 0.4) is 0 Å². The lowest BCUT2D eigenvalue weighted by atomic mass is 10.2. The van der Waals surface area contributed by atoms with Crippen LogP contribution >= 0.6 is 11.8 Å². The molecule has 1 aromatic rings. The van der Waals surface area contributed by atoms with Gasteiger partial charge in [0.15, 0.2) is 11.5 Å². The van der Waals surface area contributed by atoms with Crippen LogP contribution in [0.25, 0.3) is 0 Å². The molecule has 1 N–H and O–H groups in total. The fourth-order valence-corrected chi connectivity index (χ4v) is 3.77. The van der Waals surface area contributed by atoms with Crippen molar-refractivity contribution in [3.63, 3.8) is 0 Å². The van der Waals surface area contributed by atoms with Crippen molar-refractivity contribution in [3.05, 3.63) is 17.5 Å². The highest BCUT2D eigenvalue weighted by Crippen LogP contribution is 2.33. The van der Waals surface area contributed by atoms with Gasteiger partial charge in [0.1, 0.15) is 12.6 Å². The first kappa shape index (κ1) is 15.8. The molecule has 21 heavy (non-hydrogen) atoms. The van der Waals surface area contributed by atoms with E-state index in [9.17, 15) is 14.7 Å². The maximum absolute atomic E-state index is 12.6. The normalized spacial score (nSPS) is 21.7. The highest BCUT2D eigenvalue weighted by Gasteiger charge is 2.42. The number of aliphatic carboxylic acids is 1. The smallest absolute Gasteiger partial charge is 0.327 e. The fourth-order valence-electron chi connectivity index (χ4n) is 2.25. The molecule has 0 aliphatic carbocycles. The van der Waals surface area contributed by atoms with Crippen LogP contribution in [0.5, 0.6) is 0 Å². The summed E-state index contributed by atoms with van der Waals surface area (Å²) in [6, 6.07) is 0.679. The van der Waals surface area contributed by atoms with E-state index in [-0.39, 0.29) is 17.7 Å². The standard InChI is InChI=1S/C13H18N2O5S/c1-3-4-11-15(10(7-21-11)13(17)18)12(16)9-5-8(6-19-2)20-14-9/h5,10-11H,3-4,6-7H2,1-2H3,(H,17,18). The minimum absolute atomic E-state index is 0.122. The van der Waals surface area contributed by atoms with Crippen molar-refractivity contribution in [2.24, 2.45) is 0 Å². The summed E-state index contributed by atoms with van der Waals surface area (Å²) < 4.78 is 9.91. The molecular formula is C13H18N2O5S. The summed E-state index contributed by atoms with van der Waals surface area (Å²) in [6.07, 6.45) is 1.63. The van der Waals surface area contributed by atoms with Gasteiger partial charge >= 0.3 is 5.97 Å². The first-order chi connectivity index (χ1) is 10.1. The number of aromatic nitrogens is 1. The molecule has 2 atom stereocenters. The van der Waals surface area contributed by atoms with E-state index in [0.29, 0.717) is 11.5 Å². The van der Waals surface area contributed by atoms with Crippen molar-refractivity contribution in [3.8, 4) is 0 Å². The molecule has 2 heterocycles. The Morgan fingerprint density at radius 1 is 1.62 bits per heavy atom. The van der Waals surface area contributed by atoms with Crippen molar-refractivity contribution < 1.29 is 24.0 Å². The number of carbonyl (C=O) groups is 2. The van der Waals surface area contributed by atoms with Crippen molar-refractivity contribution >= 4 is 23.6 Å². The van der Waals surface area contributed by atoms with Crippen LogP contribution in [0.1, 0.15) is 36.0 Å². The second-order valence-electron chi connectivity index (χ2n) is 4.75. The van der Waals surface area contributed by atoms with E-state index in [0.717, 1.165) is 12.8 Å². The van der Waals surface area contributed by atoms with Crippen molar-refractivity contribution in [1.82, 2.24) is 10.1 Å². The van der Waals surface area contributed by atoms with E-state index in [1.54, 1.807) is 0 Å². The quantitative estimate of drug-likeness (QED) is 0.852. The third kappa shape index (κ3) is 3.38. The topological polar surface area (TPSA) is 92.9 Å². The van der Waals surface area contributed by atoms with Gasteiger partial charge < -0.3 is 19.3 Å². The Kier molecular flexibility index (Phi) is 5.24. The van der Waals surface area contributed by atoms with Gasteiger partial charge in [-0.05, 0) is 6.42 Å². The molecule has 0 spiro atoms. The van der Waals surface area contributed by atoms with E-state index < -0.39 is 17.9 Å². The predicted molar refractivity (Wildman–Crippen MR) is 76.0 cm³/mol. The van der Waals surface area contributed by atoms with E-state index in [4.69, 9.17) is 9.26 Å². The molecule has 1 fully saturated rings. The van der Waals surface area contributed by atoms with E-state index in [1.165, 1.54) is 29.8 Å². The fraction of sp³-hybridized carbons (Fsp3) is 0.615. The van der Waals surface area contributed by atoms with Crippen LogP contribution in [-0.4, -0.2) is 51.3 Å². The lowest BCUT2D eigenvalue weighted by molar-refractivity contribution is -0.141. The van der Waals surface area contributed by atoms with Crippen LogP contribution in [-0.2, 0) is 16.1 Å². The van der Waals surface area contributed by atoms with E-state index in [2.05, 4.69) is 5.16 Å². The Balaban J connectivity index is 2.21. The molecule has 1 aromatic heterocycles. The van der Waals surface area contributed by atoms with Gasteiger partial charge in [-0.15, -0.1) is 11.8 Å². The van der Waals surface area contributed by atoms with Gasteiger partial charge in [0.25, 0.3) is 5.91 Å². The van der Waals surface area contributed by atoms with Crippen LogP contribution in [0.15, 0.2) is 10.6 Å². The summed E-state index contributed by atoms with van der Waals surface area (Å²) in [5.41, 5.74) is 0.122. The molecule has 7 nitrogen and oxygen atoms in total. The maximum Gasteiger partial charge on any atom is 0.327 e. The Morgan fingerprint density at radius 2 is 2.38 bits per heavy atom. The summed E-state index contributed by atoms with van der Waals surface area (Å²) in [5.74, 6) is -0.562. The number of amides is 1. The number of ether oxygens (including phenoxy) is 1. The molecule has 0 aromatic carbocycles. The summed E-state index contributed by atoms with van der Waals surface area (Å²) in [4.78, 5) is 25.3. The molecule has 0 bridgehead atoms. The predicted octanol–water partition coefficient (Wildman–Crippen LogP) is 1.59. The number of carboxylic acids is 1. The Hall–Kier alpha value is -1.54. The SMILES string of the molecule is CCCC1SCC(C(=O)O)N1C(=O)c1cc(COC)on1. The van der Waals surface area contributed by atoms with Crippen molar-refractivity contribution in [2.75, 3.05) is 12.9 Å². The number of hydrogen-bond acceptors (Lipinski definition) is 6. The molecule has 2 unspecified atom stereocenters. The summed E-state index contributed by atoms with van der Waals surface area (Å²) >= 11 is 1.49. The zero-order valence-electron chi connectivity index (χ0n) is 11.9. The van der Waals surface area contributed by atoms with Gasteiger partial charge in [-0.3, -0.25) is 4.79 Å². The molecular weight excluding hydrogens is 296 g/mol. The van der Waals surface area contributed by atoms with Crippen LogP contribution in [0, 0.1) is 0 Å². The van der Waals surface area contributed by atoms with Crippen LogP contribution in [0.2, 0.25) is 0 Å². The number of carboxylic acid groups (broad SMARTS) is 1. The van der Waals surface area contributed by atoms with Gasteiger partial charge in [-0.25, -0.2) is 4.79 Å². The average molecular weight is 314 g/mol. The van der Waals surface area contributed by atoms with Gasteiger partial charge in [-0.2, -0.15) is 0 Å². The largest absolute Gasteiger partial charge is 0.480 e. The molecule has 2 rings (SSSR count). The molecule has 1 aliphatic heterocycles. The molecule has 116 valence electrons. The first-order valence-electron chi connectivity index (χ1n) is 6.70. The summed E-state index contributed by atoms with van der Waals surface area (Å²) in [6.45, 7) is 2.22. The lowest BCUT2D eigenvalue weighted by Gasteiger charge is -2.26. The number of carbonyl (C=O) groups excluding carboxylic acids is 1. The molecule has 1 aliphatic rings. The third-order valence-corrected chi connectivity index (χ3v) is 4.57. The molecule has 1 saturated heterocycles. The molecule has 0 saturated carbocycles. The van der Waals surface area contributed by atoms with Gasteiger partial charge in [-0.1, -0.05) is 18.5 Å². The van der Waals surface area contributed by atoms with Gasteiger partial charge in [0, 0.05) is 18.9 Å². The second-order valence-corrected chi connectivity index (χ2v) is 5.97.